The van der Waals surface area contributed by atoms with Gasteiger partial charge in [-0.3, -0.25) is 4.79 Å². The summed E-state index contributed by atoms with van der Waals surface area (Å²) in [6.07, 6.45) is 7.68. The van der Waals surface area contributed by atoms with E-state index in [1.165, 1.54) is 25.3 Å². The SMILES string of the molecule is NC1C2CCCC1CC(C(=O)N(Cc1cccc(F)c1)C1CC1)C2. The molecule has 3 aliphatic rings. The van der Waals surface area contributed by atoms with Gasteiger partial charge >= 0.3 is 0 Å². The number of hydrogen-bond donors (Lipinski definition) is 1. The molecule has 0 spiro atoms. The number of benzene rings is 1. The number of carbonyl (C=O) groups is 1. The normalized spacial score (nSPS) is 32.4. The summed E-state index contributed by atoms with van der Waals surface area (Å²) in [6.45, 7) is 0.541. The molecule has 3 aliphatic carbocycles. The van der Waals surface area contributed by atoms with Gasteiger partial charge in [0.1, 0.15) is 5.82 Å². The molecule has 1 aromatic rings. The molecule has 3 nitrogen and oxygen atoms in total. The van der Waals surface area contributed by atoms with Crippen molar-refractivity contribution in [1.82, 2.24) is 4.90 Å². The third-order valence-electron chi connectivity index (χ3n) is 6.27. The number of nitrogens with two attached hydrogens (primary N) is 1. The maximum absolute atomic E-state index is 13.5. The van der Waals surface area contributed by atoms with Crippen molar-refractivity contribution in [3.05, 3.63) is 35.6 Å². The van der Waals surface area contributed by atoms with Gasteiger partial charge in [0, 0.05) is 24.5 Å². The summed E-state index contributed by atoms with van der Waals surface area (Å²) >= 11 is 0. The highest BCUT2D eigenvalue weighted by Gasteiger charge is 2.43. The van der Waals surface area contributed by atoms with E-state index >= 15 is 0 Å². The highest BCUT2D eigenvalue weighted by atomic mass is 19.1. The van der Waals surface area contributed by atoms with Crippen molar-refractivity contribution in [3.63, 3.8) is 0 Å². The molecule has 2 unspecified atom stereocenters. The van der Waals surface area contributed by atoms with E-state index in [1.807, 2.05) is 11.0 Å². The summed E-state index contributed by atoms with van der Waals surface area (Å²) < 4.78 is 13.5. The maximum atomic E-state index is 13.5. The van der Waals surface area contributed by atoms with Gasteiger partial charge in [-0.25, -0.2) is 4.39 Å². The first-order chi connectivity index (χ1) is 11.6. The van der Waals surface area contributed by atoms with Crippen molar-refractivity contribution in [1.29, 1.82) is 0 Å². The van der Waals surface area contributed by atoms with Gasteiger partial charge < -0.3 is 10.6 Å². The number of carbonyl (C=O) groups excluding carboxylic acids is 1. The quantitative estimate of drug-likeness (QED) is 0.919. The summed E-state index contributed by atoms with van der Waals surface area (Å²) in [5.74, 6) is 1.21. The molecular weight excluding hydrogens is 303 g/mol. The molecule has 1 aromatic carbocycles. The lowest BCUT2D eigenvalue weighted by Crippen LogP contribution is -2.50. The second kappa shape index (κ2) is 6.47. The van der Waals surface area contributed by atoms with Crippen LogP contribution in [0.5, 0.6) is 0 Å². The van der Waals surface area contributed by atoms with E-state index in [0.717, 1.165) is 31.2 Å². The van der Waals surface area contributed by atoms with Crippen molar-refractivity contribution in [2.24, 2.45) is 23.5 Å². The van der Waals surface area contributed by atoms with Crippen LogP contribution < -0.4 is 5.73 Å². The minimum Gasteiger partial charge on any atom is -0.335 e. The Bertz CT molecular complexity index is 601. The average Bonchev–Trinajstić information content (AvgIpc) is 3.36. The summed E-state index contributed by atoms with van der Waals surface area (Å²) in [4.78, 5) is 15.2. The zero-order valence-electron chi connectivity index (χ0n) is 14.2. The lowest BCUT2D eigenvalue weighted by molar-refractivity contribution is -0.140. The summed E-state index contributed by atoms with van der Waals surface area (Å²) in [7, 11) is 0. The molecule has 130 valence electrons. The average molecular weight is 330 g/mol. The van der Waals surface area contributed by atoms with E-state index in [-0.39, 0.29) is 17.6 Å². The largest absolute Gasteiger partial charge is 0.335 e. The van der Waals surface area contributed by atoms with E-state index < -0.39 is 0 Å². The zero-order valence-corrected chi connectivity index (χ0v) is 14.2. The second-order valence-corrected chi connectivity index (χ2v) is 8.02. The van der Waals surface area contributed by atoms with Crippen molar-refractivity contribution in [2.45, 2.75) is 63.6 Å². The van der Waals surface area contributed by atoms with Crippen LogP contribution in [0.1, 0.15) is 50.5 Å². The van der Waals surface area contributed by atoms with E-state index in [0.29, 0.717) is 30.5 Å². The van der Waals surface area contributed by atoms with Crippen LogP contribution in [0.4, 0.5) is 4.39 Å². The number of hydrogen-bond acceptors (Lipinski definition) is 2. The van der Waals surface area contributed by atoms with E-state index in [2.05, 4.69) is 0 Å². The molecule has 0 aliphatic heterocycles. The van der Waals surface area contributed by atoms with Crippen LogP contribution in [0.25, 0.3) is 0 Å². The van der Waals surface area contributed by atoms with E-state index in [4.69, 9.17) is 5.73 Å². The third-order valence-corrected chi connectivity index (χ3v) is 6.27. The zero-order chi connectivity index (χ0) is 16.7. The Hall–Kier alpha value is -1.42. The van der Waals surface area contributed by atoms with Crippen LogP contribution >= 0.6 is 0 Å². The molecule has 3 saturated carbocycles. The lowest BCUT2D eigenvalue weighted by Gasteiger charge is -2.44. The molecule has 0 saturated heterocycles. The second-order valence-electron chi connectivity index (χ2n) is 8.02. The van der Waals surface area contributed by atoms with Gasteiger partial charge in [0.2, 0.25) is 5.91 Å². The van der Waals surface area contributed by atoms with Gasteiger partial charge in [-0.1, -0.05) is 18.6 Å². The predicted octanol–water partition coefficient (Wildman–Crippen LogP) is 3.47. The Morgan fingerprint density at radius 2 is 1.88 bits per heavy atom. The number of halogens is 1. The van der Waals surface area contributed by atoms with Crippen LogP contribution in [-0.2, 0) is 11.3 Å². The monoisotopic (exact) mass is 330 g/mol. The summed E-state index contributed by atoms with van der Waals surface area (Å²) in [5, 5.41) is 0. The van der Waals surface area contributed by atoms with Gasteiger partial charge in [-0.2, -0.15) is 0 Å². The molecule has 24 heavy (non-hydrogen) atoms. The molecule has 0 heterocycles. The lowest BCUT2D eigenvalue weighted by atomic mass is 9.65. The van der Waals surface area contributed by atoms with Crippen molar-refractivity contribution in [3.8, 4) is 0 Å². The molecule has 4 heteroatoms. The molecule has 2 atom stereocenters. The Morgan fingerprint density at radius 1 is 1.17 bits per heavy atom. The Balaban J connectivity index is 1.48. The molecule has 2 bridgehead atoms. The summed E-state index contributed by atoms with van der Waals surface area (Å²) in [5.41, 5.74) is 7.26. The van der Waals surface area contributed by atoms with Gasteiger partial charge in [0.05, 0.1) is 0 Å². The van der Waals surface area contributed by atoms with E-state index in [9.17, 15) is 9.18 Å². The highest BCUT2D eigenvalue weighted by Crippen LogP contribution is 2.43. The number of rotatable bonds is 4. The Morgan fingerprint density at radius 3 is 2.50 bits per heavy atom. The van der Waals surface area contributed by atoms with Gasteiger partial charge in [0.15, 0.2) is 0 Å². The highest BCUT2D eigenvalue weighted by molar-refractivity contribution is 5.79. The van der Waals surface area contributed by atoms with Crippen molar-refractivity contribution < 1.29 is 9.18 Å². The van der Waals surface area contributed by atoms with Crippen LogP contribution in [-0.4, -0.2) is 22.9 Å². The van der Waals surface area contributed by atoms with Gasteiger partial charge in [-0.15, -0.1) is 0 Å². The van der Waals surface area contributed by atoms with Crippen molar-refractivity contribution in [2.75, 3.05) is 0 Å². The van der Waals surface area contributed by atoms with Gasteiger partial charge in [-0.05, 0) is 68.1 Å². The molecule has 0 radical (unpaired) electrons. The fourth-order valence-corrected chi connectivity index (χ4v) is 4.83. The standard InChI is InChI=1S/C20H27FN2O/c21-17-6-1-3-13(9-17)12-23(18-7-8-18)20(24)16-10-14-4-2-5-15(11-16)19(14)22/h1,3,6,9,14-16,18-19H,2,4-5,7-8,10-12,22H2. The topological polar surface area (TPSA) is 46.3 Å². The minimum atomic E-state index is -0.228. The third kappa shape index (κ3) is 3.21. The number of fused-ring (bicyclic) bond motifs is 2. The first-order valence-corrected chi connectivity index (χ1v) is 9.42. The van der Waals surface area contributed by atoms with E-state index in [1.54, 1.807) is 12.1 Å². The molecule has 3 fully saturated rings. The van der Waals surface area contributed by atoms with Crippen LogP contribution in [0.3, 0.4) is 0 Å². The van der Waals surface area contributed by atoms with Crippen LogP contribution in [0.15, 0.2) is 24.3 Å². The first kappa shape index (κ1) is 16.1. The maximum Gasteiger partial charge on any atom is 0.226 e. The number of amides is 1. The molecule has 1 amide bonds. The Labute approximate surface area is 143 Å². The Kier molecular flexibility index (Phi) is 4.33. The van der Waals surface area contributed by atoms with Crippen LogP contribution in [0, 0.1) is 23.6 Å². The molecule has 4 rings (SSSR count). The fraction of sp³-hybridized carbons (Fsp3) is 0.650. The predicted molar refractivity (Wildman–Crippen MR) is 91.5 cm³/mol. The fourth-order valence-electron chi connectivity index (χ4n) is 4.83. The molecule has 0 aromatic heterocycles. The van der Waals surface area contributed by atoms with Crippen LogP contribution in [0.2, 0.25) is 0 Å². The first-order valence-electron chi connectivity index (χ1n) is 9.42. The van der Waals surface area contributed by atoms with Gasteiger partial charge in [0.25, 0.3) is 0 Å². The summed E-state index contributed by atoms with van der Waals surface area (Å²) in [6, 6.07) is 7.29. The number of nitrogens with zero attached hydrogens (tertiary/aromatic N) is 1. The minimum absolute atomic E-state index is 0.120. The van der Waals surface area contributed by atoms with Crippen molar-refractivity contribution >= 4 is 5.91 Å². The molecule has 2 N–H and O–H groups in total. The smallest absolute Gasteiger partial charge is 0.226 e. The molecular formula is C20H27FN2O.